The van der Waals surface area contributed by atoms with Gasteiger partial charge in [-0.2, -0.15) is 0 Å². The first-order chi connectivity index (χ1) is 12.1. The minimum atomic E-state index is -0.912. The number of ether oxygens (including phenoxy) is 1. The number of morpholine rings is 1. The number of nitrogens with zero attached hydrogens (tertiary/aromatic N) is 2. The van der Waals surface area contributed by atoms with E-state index in [4.69, 9.17) is 9.84 Å². The van der Waals surface area contributed by atoms with Crippen LogP contribution in [0.1, 0.15) is 41.6 Å². The molecule has 6 heteroatoms. The normalized spacial score (nSPS) is 21.9. The van der Waals surface area contributed by atoms with E-state index in [2.05, 4.69) is 4.90 Å². The largest absolute Gasteiger partial charge is 0.481 e. The van der Waals surface area contributed by atoms with Gasteiger partial charge in [-0.15, -0.1) is 0 Å². The van der Waals surface area contributed by atoms with Gasteiger partial charge in [-0.3, -0.25) is 14.5 Å². The van der Waals surface area contributed by atoms with Crippen LogP contribution in [0.25, 0.3) is 0 Å². The van der Waals surface area contributed by atoms with Crippen molar-refractivity contribution in [1.82, 2.24) is 9.80 Å². The molecule has 1 atom stereocenters. The first-order valence-electron chi connectivity index (χ1n) is 9.05. The second kappa shape index (κ2) is 8.45. The molecule has 1 N–H and O–H groups in total. The van der Waals surface area contributed by atoms with Crippen molar-refractivity contribution < 1.29 is 19.4 Å². The molecule has 0 aromatic heterocycles. The highest BCUT2D eigenvalue weighted by Crippen LogP contribution is 2.17. The maximum atomic E-state index is 12.8. The molecule has 2 aliphatic heterocycles. The second-order valence-electron chi connectivity index (χ2n) is 6.86. The predicted octanol–water partition coefficient (Wildman–Crippen LogP) is 1.99. The summed E-state index contributed by atoms with van der Waals surface area (Å²) < 4.78 is 5.34. The number of carbonyl (C=O) groups excluding carboxylic acids is 1. The van der Waals surface area contributed by atoms with E-state index in [1.807, 2.05) is 24.3 Å². The molecular formula is C19H26N2O4. The molecule has 2 heterocycles. The quantitative estimate of drug-likeness (QED) is 0.883. The molecule has 6 nitrogen and oxygen atoms in total. The van der Waals surface area contributed by atoms with Gasteiger partial charge < -0.3 is 14.7 Å². The van der Waals surface area contributed by atoms with Crippen LogP contribution in [0.15, 0.2) is 24.3 Å². The third-order valence-electron chi connectivity index (χ3n) is 4.95. The van der Waals surface area contributed by atoms with Crippen LogP contribution >= 0.6 is 0 Å². The van der Waals surface area contributed by atoms with Gasteiger partial charge in [-0.05, 0) is 43.6 Å². The Labute approximate surface area is 148 Å². The number of piperidine rings is 1. The molecule has 1 amide bonds. The van der Waals surface area contributed by atoms with E-state index in [1.54, 1.807) is 4.90 Å². The smallest absolute Gasteiger partial charge is 0.305 e. The average molecular weight is 346 g/mol. The number of carboxylic acid groups (broad SMARTS) is 1. The van der Waals surface area contributed by atoms with Crippen molar-refractivity contribution in [2.24, 2.45) is 0 Å². The van der Waals surface area contributed by atoms with Crippen molar-refractivity contribution in [2.75, 3.05) is 32.8 Å². The Kier molecular flexibility index (Phi) is 6.04. The molecule has 1 unspecified atom stereocenters. The van der Waals surface area contributed by atoms with Crippen LogP contribution in [0.4, 0.5) is 0 Å². The van der Waals surface area contributed by atoms with Crippen LogP contribution in [0, 0.1) is 0 Å². The molecule has 0 bridgehead atoms. The SMILES string of the molecule is O=C(O)CC1COCCN1C(=O)c1ccc(CN2CCCCC2)cc1. The van der Waals surface area contributed by atoms with Gasteiger partial charge in [-0.1, -0.05) is 18.6 Å². The van der Waals surface area contributed by atoms with Crippen LogP contribution in [0.5, 0.6) is 0 Å². The number of amides is 1. The zero-order valence-corrected chi connectivity index (χ0v) is 14.5. The number of rotatable bonds is 5. The summed E-state index contributed by atoms with van der Waals surface area (Å²) in [6.07, 6.45) is 3.76. The fourth-order valence-corrected chi connectivity index (χ4v) is 3.59. The van der Waals surface area contributed by atoms with E-state index in [9.17, 15) is 9.59 Å². The Hall–Kier alpha value is -1.92. The van der Waals surface area contributed by atoms with E-state index in [1.165, 1.54) is 24.8 Å². The molecule has 3 rings (SSSR count). The molecule has 0 spiro atoms. The summed E-state index contributed by atoms with van der Waals surface area (Å²) in [5, 5.41) is 9.03. The number of likely N-dealkylation sites (tertiary alicyclic amines) is 1. The highest BCUT2D eigenvalue weighted by atomic mass is 16.5. The Balaban J connectivity index is 1.63. The first-order valence-corrected chi connectivity index (χ1v) is 9.05. The Morgan fingerprint density at radius 3 is 2.48 bits per heavy atom. The zero-order chi connectivity index (χ0) is 17.6. The Bertz CT molecular complexity index is 596. The van der Waals surface area contributed by atoms with Gasteiger partial charge in [0.15, 0.2) is 0 Å². The van der Waals surface area contributed by atoms with Crippen LogP contribution in [0.3, 0.4) is 0 Å². The van der Waals surface area contributed by atoms with E-state index in [0.717, 1.165) is 19.6 Å². The maximum Gasteiger partial charge on any atom is 0.305 e. The summed E-state index contributed by atoms with van der Waals surface area (Å²) in [7, 11) is 0. The third-order valence-corrected chi connectivity index (χ3v) is 4.95. The van der Waals surface area contributed by atoms with Crippen molar-refractivity contribution in [2.45, 2.75) is 38.3 Å². The molecule has 2 saturated heterocycles. The van der Waals surface area contributed by atoms with E-state index in [-0.39, 0.29) is 18.9 Å². The van der Waals surface area contributed by atoms with Crippen molar-refractivity contribution in [3.63, 3.8) is 0 Å². The molecule has 136 valence electrons. The highest BCUT2D eigenvalue weighted by molar-refractivity contribution is 5.94. The number of benzene rings is 1. The average Bonchev–Trinajstić information content (AvgIpc) is 2.63. The minimum Gasteiger partial charge on any atom is -0.481 e. The van der Waals surface area contributed by atoms with Crippen molar-refractivity contribution >= 4 is 11.9 Å². The number of hydrogen-bond acceptors (Lipinski definition) is 4. The van der Waals surface area contributed by atoms with Crippen LogP contribution < -0.4 is 0 Å². The molecule has 25 heavy (non-hydrogen) atoms. The fraction of sp³-hybridized carbons (Fsp3) is 0.579. The number of hydrogen-bond donors (Lipinski definition) is 1. The Morgan fingerprint density at radius 1 is 1.08 bits per heavy atom. The van der Waals surface area contributed by atoms with Crippen molar-refractivity contribution in [1.29, 1.82) is 0 Å². The predicted molar refractivity (Wildman–Crippen MR) is 93.5 cm³/mol. The molecule has 0 radical (unpaired) electrons. The maximum absolute atomic E-state index is 12.8. The van der Waals surface area contributed by atoms with E-state index in [0.29, 0.717) is 18.7 Å². The van der Waals surface area contributed by atoms with Gasteiger partial charge in [-0.25, -0.2) is 0 Å². The first kappa shape index (κ1) is 17.9. The lowest BCUT2D eigenvalue weighted by Gasteiger charge is -2.35. The molecule has 2 aliphatic rings. The molecule has 0 aliphatic carbocycles. The molecule has 1 aromatic carbocycles. The Morgan fingerprint density at radius 2 is 1.80 bits per heavy atom. The van der Waals surface area contributed by atoms with Gasteiger partial charge in [0.25, 0.3) is 5.91 Å². The van der Waals surface area contributed by atoms with Gasteiger partial charge in [0.05, 0.1) is 25.7 Å². The summed E-state index contributed by atoms with van der Waals surface area (Å²) in [5.41, 5.74) is 1.82. The van der Waals surface area contributed by atoms with E-state index >= 15 is 0 Å². The summed E-state index contributed by atoms with van der Waals surface area (Å²) in [5.74, 6) is -1.02. The minimum absolute atomic E-state index is 0.0845. The van der Waals surface area contributed by atoms with Crippen LogP contribution in [0.2, 0.25) is 0 Å². The van der Waals surface area contributed by atoms with E-state index < -0.39 is 12.0 Å². The molecule has 2 fully saturated rings. The topological polar surface area (TPSA) is 70.1 Å². The standard InChI is InChI=1S/C19H26N2O4/c22-18(23)12-17-14-25-11-10-21(17)19(24)16-6-4-15(5-7-16)13-20-8-2-1-3-9-20/h4-7,17H,1-3,8-14H2,(H,22,23). The van der Waals surface area contributed by atoms with Crippen LogP contribution in [-0.2, 0) is 16.1 Å². The number of aliphatic carboxylic acids is 1. The van der Waals surface area contributed by atoms with Gasteiger partial charge in [0, 0.05) is 18.7 Å². The number of carbonyl (C=O) groups is 2. The van der Waals surface area contributed by atoms with Crippen molar-refractivity contribution in [3.05, 3.63) is 35.4 Å². The molecular weight excluding hydrogens is 320 g/mol. The lowest BCUT2D eigenvalue weighted by molar-refractivity contribution is -0.139. The van der Waals surface area contributed by atoms with Crippen LogP contribution in [-0.4, -0.2) is 65.7 Å². The molecule has 1 aromatic rings. The summed E-state index contributed by atoms with van der Waals surface area (Å²) in [6.45, 7) is 4.39. The van der Waals surface area contributed by atoms with Gasteiger partial charge in [0.1, 0.15) is 0 Å². The second-order valence-corrected chi connectivity index (χ2v) is 6.86. The molecule has 0 saturated carbocycles. The zero-order valence-electron chi connectivity index (χ0n) is 14.5. The summed E-state index contributed by atoms with van der Waals surface area (Å²) in [4.78, 5) is 27.9. The highest BCUT2D eigenvalue weighted by Gasteiger charge is 2.29. The van der Waals surface area contributed by atoms with Gasteiger partial charge >= 0.3 is 5.97 Å². The summed E-state index contributed by atoms with van der Waals surface area (Å²) in [6, 6.07) is 7.33. The summed E-state index contributed by atoms with van der Waals surface area (Å²) >= 11 is 0. The lowest BCUT2D eigenvalue weighted by atomic mass is 10.1. The monoisotopic (exact) mass is 346 g/mol. The lowest BCUT2D eigenvalue weighted by Crippen LogP contribution is -2.49. The third kappa shape index (κ3) is 4.80. The number of carboxylic acids is 1. The fourth-order valence-electron chi connectivity index (χ4n) is 3.59. The van der Waals surface area contributed by atoms with Crippen molar-refractivity contribution in [3.8, 4) is 0 Å². The van der Waals surface area contributed by atoms with Gasteiger partial charge in [0.2, 0.25) is 0 Å².